The van der Waals surface area contributed by atoms with Crippen LogP contribution in [0.2, 0.25) is 0 Å². The fraction of sp³-hybridized carbons (Fsp3) is 0.562. The Morgan fingerprint density at radius 3 is 2.84 bits per heavy atom. The molecule has 0 spiro atoms. The lowest BCUT2D eigenvalue weighted by atomic mass is 9.96. The second-order valence-electron chi connectivity index (χ2n) is 5.28. The number of carbonyl (C=O) groups is 1. The normalized spacial score (nSPS) is 18.5. The smallest absolute Gasteiger partial charge is 0.228 e. The van der Waals surface area contributed by atoms with Crippen LogP contribution in [0.25, 0.3) is 0 Å². The molecule has 1 atom stereocenters. The van der Waals surface area contributed by atoms with E-state index in [9.17, 15) is 4.79 Å². The number of amides is 1. The molecule has 3 nitrogen and oxygen atoms in total. The van der Waals surface area contributed by atoms with Crippen LogP contribution in [0.15, 0.2) is 24.3 Å². The summed E-state index contributed by atoms with van der Waals surface area (Å²) < 4.78 is 0. The molecule has 1 unspecified atom stereocenters. The van der Waals surface area contributed by atoms with E-state index in [1.165, 1.54) is 31.2 Å². The van der Waals surface area contributed by atoms with Crippen molar-refractivity contribution in [1.29, 1.82) is 0 Å². The van der Waals surface area contributed by atoms with Gasteiger partial charge in [-0.25, -0.2) is 0 Å². The van der Waals surface area contributed by atoms with Crippen LogP contribution in [0.1, 0.15) is 50.6 Å². The molecular weight excluding hydrogens is 236 g/mol. The monoisotopic (exact) mass is 260 g/mol. The Morgan fingerprint density at radius 2 is 2.05 bits per heavy atom. The van der Waals surface area contributed by atoms with Gasteiger partial charge >= 0.3 is 0 Å². The van der Waals surface area contributed by atoms with Gasteiger partial charge in [0.25, 0.3) is 0 Å². The summed E-state index contributed by atoms with van der Waals surface area (Å²) in [6, 6.07) is 8.38. The number of hydrogen-bond acceptors (Lipinski definition) is 2. The molecule has 1 heterocycles. The number of anilines is 1. The van der Waals surface area contributed by atoms with Crippen molar-refractivity contribution in [2.24, 2.45) is 0 Å². The third-order valence-electron chi connectivity index (χ3n) is 3.85. The van der Waals surface area contributed by atoms with Crippen molar-refractivity contribution in [3.05, 3.63) is 29.8 Å². The number of carbonyl (C=O) groups excluding carboxylic acids is 1. The molecule has 104 valence electrons. The summed E-state index contributed by atoms with van der Waals surface area (Å²) in [5.74, 6) is 0.199. The number of hydrogen-bond donors (Lipinski definition) is 1. The van der Waals surface area contributed by atoms with Gasteiger partial charge in [0, 0.05) is 25.2 Å². The standard InChI is InChI=1S/C16H24N2O/c1-3-4-5-8-11-17-14-12-16(19)18(2)15-10-7-6-9-13(14)15/h6-7,9-10,14,17H,3-5,8,11-12H2,1-2H3. The van der Waals surface area contributed by atoms with Crippen LogP contribution >= 0.6 is 0 Å². The lowest BCUT2D eigenvalue weighted by Gasteiger charge is -2.32. The zero-order valence-electron chi connectivity index (χ0n) is 12.0. The van der Waals surface area contributed by atoms with Gasteiger partial charge in [-0.2, -0.15) is 0 Å². The first kappa shape index (κ1) is 14.1. The van der Waals surface area contributed by atoms with Gasteiger partial charge in [0.1, 0.15) is 0 Å². The van der Waals surface area contributed by atoms with Crippen molar-refractivity contribution in [3.8, 4) is 0 Å². The number of unbranched alkanes of at least 4 members (excludes halogenated alkanes) is 3. The molecule has 1 N–H and O–H groups in total. The largest absolute Gasteiger partial charge is 0.315 e. The van der Waals surface area contributed by atoms with Gasteiger partial charge in [0.2, 0.25) is 5.91 Å². The summed E-state index contributed by atoms with van der Waals surface area (Å²) in [6.07, 6.45) is 5.59. The molecule has 0 saturated carbocycles. The van der Waals surface area contributed by atoms with Crippen molar-refractivity contribution >= 4 is 11.6 Å². The van der Waals surface area contributed by atoms with Gasteiger partial charge < -0.3 is 10.2 Å². The molecular formula is C16H24N2O. The van der Waals surface area contributed by atoms with E-state index in [2.05, 4.69) is 18.3 Å². The minimum absolute atomic E-state index is 0.182. The average molecular weight is 260 g/mol. The summed E-state index contributed by atoms with van der Waals surface area (Å²) in [5, 5.41) is 3.54. The Hall–Kier alpha value is -1.35. The molecule has 1 aromatic rings. The molecule has 0 aliphatic carbocycles. The molecule has 0 fully saturated rings. The van der Waals surface area contributed by atoms with E-state index in [1.807, 2.05) is 25.2 Å². The Labute approximate surface area is 116 Å². The summed E-state index contributed by atoms with van der Waals surface area (Å²) in [5.41, 5.74) is 2.30. The molecule has 2 rings (SSSR count). The Balaban J connectivity index is 1.98. The highest BCUT2D eigenvalue weighted by atomic mass is 16.2. The van der Waals surface area contributed by atoms with Gasteiger partial charge in [-0.1, -0.05) is 44.4 Å². The van der Waals surface area contributed by atoms with Gasteiger partial charge in [-0.05, 0) is 24.6 Å². The maximum absolute atomic E-state index is 12.0. The molecule has 0 saturated heterocycles. The molecule has 3 heteroatoms. The van der Waals surface area contributed by atoms with E-state index in [4.69, 9.17) is 0 Å². The SMILES string of the molecule is CCCCCCNC1CC(=O)N(C)c2ccccc21. The highest BCUT2D eigenvalue weighted by Gasteiger charge is 2.28. The highest BCUT2D eigenvalue weighted by Crippen LogP contribution is 2.33. The Kier molecular flexibility index (Phi) is 4.97. The molecule has 1 amide bonds. The maximum Gasteiger partial charge on any atom is 0.228 e. The van der Waals surface area contributed by atoms with Crippen molar-refractivity contribution in [2.75, 3.05) is 18.5 Å². The van der Waals surface area contributed by atoms with Crippen LogP contribution in [0.4, 0.5) is 5.69 Å². The van der Waals surface area contributed by atoms with Crippen LogP contribution in [-0.2, 0) is 4.79 Å². The third kappa shape index (κ3) is 3.35. The van der Waals surface area contributed by atoms with Crippen LogP contribution in [0.3, 0.4) is 0 Å². The van der Waals surface area contributed by atoms with E-state index in [1.54, 1.807) is 4.90 Å². The van der Waals surface area contributed by atoms with Crippen molar-refractivity contribution in [1.82, 2.24) is 5.32 Å². The molecule has 0 aromatic heterocycles. The first-order valence-electron chi connectivity index (χ1n) is 7.33. The number of nitrogens with one attached hydrogen (secondary N) is 1. The zero-order valence-corrected chi connectivity index (χ0v) is 12.0. The number of para-hydroxylation sites is 1. The van der Waals surface area contributed by atoms with Gasteiger partial charge in [-0.3, -0.25) is 4.79 Å². The third-order valence-corrected chi connectivity index (χ3v) is 3.85. The van der Waals surface area contributed by atoms with Crippen LogP contribution in [0, 0.1) is 0 Å². The average Bonchev–Trinajstić information content (AvgIpc) is 2.44. The van der Waals surface area contributed by atoms with E-state index < -0.39 is 0 Å². The Bertz CT molecular complexity index is 431. The van der Waals surface area contributed by atoms with Crippen molar-refractivity contribution in [3.63, 3.8) is 0 Å². The van der Waals surface area contributed by atoms with E-state index >= 15 is 0 Å². The van der Waals surface area contributed by atoms with Crippen LogP contribution in [0.5, 0.6) is 0 Å². The molecule has 0 bridgehead atoms. The summed E-state index contributed by atoms with van der Waals surface area (Å²) >= 11 is 0. The highest BCUT2D eigenvalue weighted by molar-refractivity contribution is 5.96. The predicted octanol–water partition coefficient (Wildman–Crippen LogP) is 3.26. The fourth-order valence-electron chi connectivity index (χ4n) is 2.65. The van der Waals surface area contributed by atoms with Gasteiger partial charge in [0.05, 0.1) is 0 Å². The second kappa shape index (κ2) is 6.71. The number of fused-ring (bicyclic) bond motifs is 1. The summed E-state index contributed by atoms with van der Waals surface area (Å²) in [7, 11) is 1.86. The molecule has 1 aliphatic rings. The lowest BCUT2D eigenvalue weighted by Crippen LogP contribution is -2.38. The molecule has 1 aliphatic heterocycles. The molecule has 0 radical (unpaired) electrons. The maximum atomic E-state index is 12.0. The number of rotatable bonds is 6. The van der Waals surface area contributed by atoms with Crippen molar-refractivity contribution in [2.45, 2.75) is 45.1 Å². The quantitative estimate of drug-likeness (QED) is 0.796. The lowest BCUT2D eigenvalue weighted by molar-refractivity contribution is -0.119. The van der Waals surface area contributed by atoms with E-state index in [0.29, 0.717) is 6.42 Å². The van der Waals surface area contributed by atoms with Gasteiger partial charge in [0.15, 0.2) is 0 Å². The second-order valence-corrected chi connectivity index (χ2v) is 5.28. The van der Waals surface area contributed by atoms with E-state index in [0.717, 1.165) is 12.2 Å². The number of nitrogens with zero attached hydrogens (tertiary/aromatic N) is 1. The zero-order chi connectivity index (χ0) is 13.7. The Morgan fingerprint density at radius 1 is 1.26 bits per heavy atom. The van der Waals surface area contributed by atoms with Crippen LogP contribution in [-0.4, -0.2) is 19.5 Å². The predicted molar refractivity (Wildman–Crippen MR) is 79.4 cm³/mol. The first-order chi connectivity index (χ1) is 9.24. The summed E-state index contributed by atoms with van der Waals surface area (Å²) in [4.78, 5) is 13.8. The molecule has 19 heavy (non-hydrogen) atoms. The molecule has 1 aromatic carbocycles. The summed E-state index contributed by atoms with van der Waals surface area (Å²) in [6.45, 7) is 3.22. The van der Waals surface area contributed by atoms with E-state index in [-0.39, 0.29) is 11.9 Å². The van der Waals surface area contributed by atoms with Gasteiger partial charge in [-0.15, -0.1) is 0 Å². The minimum atomic E-state index is 0.182. The topological polar surface area (TPSA) is 32.3 Å². The first-order valence-corrected chi connectivity index (χ1v) is 7.33. The number of benzene rings is 1. The minimum Gasteiger partial charge on any atom is -0.315 e. The van der Waals surface area contributed by atoms with Crippen molar-refractivity contribution < 1.29 is 4.79 Å². The fourth-order valence-corrected chi connectivity index (χ4v) is 2.65. The van der Waals surface area contributed by atoms with Crippen LogP contribution < -0.4 is 10.2 Å².